The van der Waals surface area contributed by atoms with E-state index in [0.717, 1.165) is 17.5 Å². The molecule has 1 atom stereocenters. The number of carbonyl (C=O) groups is 1. The molecular formula is C24H26N4O3. The maximum absolute atomic E-state index is 13.0. The molecule has 31 heavy (non-hydrogen) atoms. The number of allylic oxidation sites excluding steroid dienone is 1. The molecule has 0 radical (unpaired) electrons. The first-order valence-electron chi connectivity index (χ1n) is 10.4. The first-order chi connectivity index (χ1) is 15.1. The van der Waals surface area contributed by atoms with Crippen LogP contribution in [0.1, 0.15) is 43.0 Å². The molecular weight excluding hydrogens is 392 g/mol. The second-order valence-electron chi connectivity index (χ2n) is 7.48. The highest BCUT2D eigenvalue weighted by Gasteiger charge is 2.35. The zero-order valence-electron chi connectivity index (χ0n) is 18.0. The third-order valence-corrected chi connectivity index (χ3v) is 5.31. The normalized spacial score (nSPS) is 15.3. The van der Waals surface area contributed by atoms with Gasteiger partial charge in [0.1, 0.15) is 24.7 Å². The van der Waals surface area contributed by atoms with Crippen molar-refractivity contribution in [2.45, 2.75) is 39.8 Å². The number of ether oxygens (including phenoxy) is 2. The molecule has 0 saturated heterocycles. The average Bonchev–Trinajstić information content (AvgIpc) is 3.24. The van der Waals surface area contributed by atoms with Crippen LogP contribution in [0.25, 0.3) is 0 Å². The predicted molar refractivity (Wildman–Crippen MR) is 118 cm³/mol. The summed E-state index contributed by atoms with van der Waals surface area (Å²) in [5, 5.41) is 7.54. The molecule has 0 fully saturated rings. The summed E-state index contributed by atoms with van der Waals surface area (Å²) in [5.74, 6) is 0.891. The van der Waals surface area contributed by atoms with Crippen LogP contribution in [-0.4, -0.2) is 27.3 Å². The summed E-state index contributed by atoms with van der Waals surface area (Å²) < 4.78 is 13.4. The third-order valence-electron chi connectivity index (χ3n) is 5.31. The minimum atomic E-state index is -0.504. The predicted octanol–water partition coefficient (Wildman–Crippen LogP) is 4.41. The van der Waals surface area contributed by atoms with Gasteiger partial charge in [-0.15, -0.1) is 0 Å². The van der Waals surface area contributed by atoms with E-state index in [1.807, 2.05) is 50.2 Å². The first kappa shape index (κ1) is 20.7. The van der Waals surface area contributed by atoms with Crippen LogP contribution in [0.2, 0.25) is 0 Å². The largest absolute Gasteiger partial charge is 0.489 e. The molecule has 7 nitrogen and oxygen atoms in total. The Bertz CT molecular complexity index is 1120. The Morgan fingerprint density at radius 3 is 2.71 bits per heavy atom. The van der Waals surface area contributed by atoms with E-state index >= 15 is 0 Å². The molecule has 160 valence electrons. The fourth-order valence-corrected chi connectivity index (χ4v) is 3.68. The van der Waals surface area contributed by atoms with Crippen molar-refractivity contribution in [3.05, 3.63) is 82.8 Å². The molecule has 1 N–H and O–H groups in total. The lowest BCUT2D eigenvalue weighted by atomic mass is 9.95. The molecule has 0 bridgehead atoms. The Kier molecular flexibility index (Phi) is 6.02. The number of aromatic nitrogens is 3. The van der Waals surface area contributed by atoms with Crippen LogP contribution in [0.3, 0.4) is 0 Å². The van der Waals surface area contributed by atoms with Crippen molar-refractivity contribution in [1.82, 2.24) is 14.8 Å². The molecule has 2 aromatic carbocycles. The fourth-order valence-electron chi connectivity index (χ4n) is 3.68. The maximum Gasteiger partial charge on any atom is 0.338 e. The number of anilines is 1. The molecule has 4 rings (SSSR count). The van der Waals surface area contributed by atoms with Crippen molar-refractivity contribution in [2.24, 2.45) is 0 Å². The van der Waals surface area contributed by atoms with Crippen molar-refractivity contribution in [3.8, 4) is 5.75 Å². The zero-order valence-corrected chi connectivity index (χ0v) is 18.0. The summed E-state index contributed by atoms with van der Waals surface area (Å²) in [6.45, 7) is 6.67. The Morgan fingerprint density at radius 2 is 1.90 bits per heavy atom. The van der Waals surface area contributed by atoms with Gasteiger partial charge in [-0.3, -0.25) is 0 Å². The van der Waals surface area contributed by atoms with Crippen molar-refractivity contribution in [1.29, 1.82) is 0 Å². The lowest BCUT2D eigenvalue weighted by Crippen LogP contribution is -2.30. The van der Waals surface area contributed by atoms with E-state index < -0.39 is 6.04 Å². The number of nitrogens with zero attached hydrogens (tertiary/aromatic N) is 3. The van der Waals surface area contributed by atoms with Gasteiger partial charge in [0.2, 0.25) is 5.95 Å². The van der Waals surface area contributed by atoms with E-state index in [1.54, 1.807) is 4.68 Å². The van der Waals surface area contributed by atoms with Crippen LogP contribution >= 0.6 is 0 Å². The quantitative estimate of drug-likeness (QED) is 0.573. The Balaban J connectivity index is 1.73. The number of para-hydroxylation sites is 1. The lowest BCUT2D eigenvalue weighted by molar-refractivity contribution is -0.139. The number of aryl methyl sites for hydroxylation is 1. The maximum atomic E-state index is 13.0. The summed E-state index contributed by atoms with van der Waals surface area (Å²) >= 11 is 0. The second kappa shape index (κ2) is 9.04. The first-order valence-corrected chi connectivity index (χ1v) is 10.4. The summed E-state index contributed by atoms with van der Waals surface area (Å²) in [4.78, 5) is 17.3. The van der Waals surface area contributed by atoms with Crippen molar-refractivity contribution in [2.75, 3.05) is 11.9 Å². The number of nitrogens with one attached hydrogen (secondary N) is 1. The van der Waals surface area contributed by atoms with Gasteiger partial charge in [-0.25, -0.2) is 9.48 Å². The van der Waals surface area contributed by atoms with Crippen molar-refractivity contribution < 1.29 is 14.3 Å². The number of benzene rings is 2. The highest BCUT2D eigenvalue weighted by molar-refractivity contribution is 5.92. The van der Waals surface area contributed by atoms with Gasteiger partial charge in [-0.05, 0) is 37.5 Å². The molecule has 0 aliphatic carbocycles. The van der Waals surface area contributed by atoms with Gasteiger partial charge in [0.05, 0.1) is 12.2 Å². The second-order valence-corrected chi connectivity index (χ2v) is 7.48. The highest BCUT2D eigenvalue weighted by Crippen LogP contribution is 2.39. The molecule has 0 amide bonds. The van der Waals surface area contributed by atoms with E-state index in [9.17, 15) is 4.79 Å². The van der Waals surface area contributed by atoms with Gasteiger partial charge in [-0.2, -0.15) is 10.1 Å². The minimum Gasteiger partial charge on any atom is -0.489 e. The van der Waals surface area contributed by atoms with E-state index in [-0.39, 0.29) is 5.97 Å². The van der Waals surface area contributed by atoms with Crippen LogP contribution in [-0.2, 0) is 16.1 Å². The number of fused-ring (bicyclic) bond motifs is 1. The van der Waals surface area contributed by atoms with Crippen LogP contribution in [0, 0.1) is 6.92 Å². The number of hydrogen-bond donors (Lipinski definition) is 1. The highest BCUT2D eigenvalue weighted by atomic mass is 16.5. The van der Waals surface area contributed by atoms with E-state index in [0.29, 0.717) is 36.2 Å². The molecule has 7 heteroatoms. The molecule has 3 aromatic rings. The molecule has 0 spiro atoms. The molecule has 1 aliphatic heterocycles. The number of rotatable bonds is 7. The van der Waals surface area contributed by atoms with E-state index in [4.69, 9.17) is 9.47 Å². The summed E-state index contributed by atoms with van der Waals surface area (Å²) in [7, 11) is 0. The summed E-state index contributed by atoms with van der Waals surface area (Å²) in [6.07, 6.45) is 2.22. The Labute approximate surface area is 181 Å². The van der Waals surface area contributed by atoms with Crippen LogP contribution in [0.15, 0.2) is 66.1 Å². The fraction of sp³-hybridized carbons (Fsp3) is 0.292. The average molecular weight is 418 g/mol. The zero-order chi connectivity index (χ0) is 21.8. The Morgan fingerprint density at radius 1 is 1.13 bits per heavy atom. The molecule has 0 saturated carbocycles. The smallest absolute Gasteiger partial charge is 0.338 e. The standard InChI is InChI=1S/C24H26N4O3/c1-4-13-30-23(29)21-17(3)27-24-25-15-26-28(24)22(21)19-11-7-8-12-20(19)31-14-18-10-6-5-9-16(18)2/h5-12,15,22H,4,13-14H2,1-3H3,(H,25,26,27). The van der Waals surface area contributed by atoms with E-state index in [2.05, 4.69) is 34.5 Å². The number of hydrogen-bond acceptors (Lipinski definition) is 6. The number of carbonyl (C=O) groups excluding carboxylic acids is 1. The van der Waals surface area contributed by atoms with Gasteiger partial charge in [-0.1, -0.05) is 49.4 Å². The van der Waals surface area contributed by atoms with Gasteiger partial charge in [0.25, 0.3) is 0 Å². The van der Waals surface area contributed by atoms with Crippen molar-refractivity contribution >= 4 is 11.9 Å². The van der Waals surface area contributed by atoms with Gasteiger partial charge in [0.15, 0.2) is 0 Å². The topological polar surface area (TPSA) is 78.3 Å². The third kappa shape index (κ3) is 4.17. The van der Waals surface area contributed by atoms with Crippen LogP contribution in [0.4, 0.5) is 5.95 Å². The van der Waals surface area contributed by atoms with Gasteiger partial charge >= 0.3 is 5.97 Å². The summed E-state index contributed by atoms with van der Waals surface area (Å²) in [6, 6.07) is 15.3. The molecule has 1 aromatic heterocycles. The minimum absolute atomic E-state index is 0.359. The Hall–Kier alpha value is -3.61. The molecule has 2 heterocycles. The summed E-state index contributed by atoms with van der Waals surface area (Å²) in [5.41, 5.74) is 4.30. The van der Waals surface area contributed by atoms with Crippen molar-refractivity contribution in [3.63, 3.8) is 0 Å². The monoisotopic (exact) mass is 418 g/mol. The van der Waals surface area contributed by atoms with Crippen LogP contribution in [0.5, 0.6) is 5.75 Å². The SMILES string of the molecule is CCCOC(=O)C1=C(C)Nc2ncnn2C1c1ccccc1OCc1ccccc1C. The molecule has 1 unspecified atom stereocenters. The van der Waals surface area contributed by atoms with Crippen LogP contribution < -0.4 is 10.1 Å². The molecule has 1 aliphatic rings. The number of esters is 1. The van der Waals surface area contributed by atoms with Gasteiger partial charge in [0, 0.05) is 11.3 Å². The van der Waals surface area contributed by atoms with E-state index in [1.165, 1.54) is 11.9 Å². The lowest BCUT2D eigenvalue weighted by Gasteiger charge is -2.29. The van der Waals surface area contributed by atoms with Gasteiger partial charge < -0.3 is 14.8 Å².